The van der Waals surface area contributed by atoms with Crippen LogP contribution in [0.25, 0.3) is 0 Å². The number of allylic oxidation sites excluding steroid dienone is 2. The maximum absolute atomic E-state index is 11.6. The van der Waals surface area contributed by atoms with Gasteiger partial charge in [-0.3, -0.25) is 4.79 Å². The fourth-order valence-electron chi connectivity index (χ4n) is 1.81. The monoisotopic (exact) mass is 299 g/mol. The van der Waals surface area contributed by atoms with Gasteiger partial charge in [0.1, 0.15) is 0 Å². The lowest BCUT2D eigenvalue weighted by Gasteiger charge is -2.07. The van der Waals surface area contributed by atoms with Crippen molar-refractivity contribution in [3.05, 3.63) is 32.9 Å². The Morgan fingerprint density at radius 3 is 3.06 bits per heavy atom. The van der Waals surface area contributed by atoms with Crippen molar-refractivity contribution in [2.75, 3.05) is 0 Å². The SMILES string of the molecule is O=C(C[C@H]1C=CCC1)NCc1ccc(Br)s1. The van der Waals surface area contributed by atoms with E-state index in [2.05, 4.69) is 33.4 Å². The van der Waals surface area contributed by atoms with Gasteiger partial charge in [0.05, 0.1) is 10.3 Å². The third-order valence-electron chi connectivity index (χ3n) is 2.65. The van der Waals surface area contributed by atoms with E-state index in [1.807, 2.05) is 12.1 Å². The van der Waals surface area contributed by atoms with Gasteiger partial charge in [-0.15, -0.1) is 11.3 Å². The highest BCUT2D eigenvalue weighted by atomic mass is 79.9. The maximum atomic E-state index is 11.6. The molecule has 1 aromatic rings. The van der Waals surface area contributed by atoms with Gasteiger partial charge in [-0.1, -0.05) is 12.2 Å². The predicted molar refractivity (Wildman–Crippen MR) is 70.3 cm³/mol. The summed E-state index contributed by atoms with van der Waals surface area (Å²) in [5.74, 6) is 0.608. The Balaban J connectivity index is 1.73. The highest BCUT2D eigenvalue weighted by molar-refractivity contribution is 9.11. The van der Waals surface area contributed by atoms with Gasteiger partial charge in [0.25, 0.3) is 0 Å². The summed E-state index contributed by atoms with van der Waals surface area (Å²) >= 11 is 5.07. The molecule has 1 amide bonds. The molecule has 2 rings (SSSR count). The highest BCUT2D eigenvalue weighted by Gasteiger charge is 2.13. The number of amides is 1. The minimum atomic E-state index is 0.154. The molecule has 0 saturated heterocycles. The molecule has 1 heterocycles. The molecular formula is C12H14BrNOS. The molecule has 86 valence electrons. The number of carbonyl (C=O) groups excluding carboxylic acids is 1. The van der Waals surface area contributed by atoms with E-state index in [1.165, 1.54) is 4.88 Å². The molecule has 1 aromatic heterocycles. The molecule has 0 aliphatic heterocycles. The molecule has 16 heavy (non-hydrogen) atoms. The minimum Gasteiger partial charge on any atom is -0.351 e. The lowest BCUT2D eigenvalue weighted by molar-refractivity contribution is -0.121. The first-order chi connectivity index (χ1) is 7.74. The first-order valence-electron chi connectivity index (χ1n) is 5.41. The van der Waals surface area contributed by atoms with E-state index in [0.29, 0.717) is 18.9 Å². The van der Waals surface area contributed by atoms with E-state index in [-0.39, 0.29) is 5.91 Å². The Bertz CT molecular complexity index is 399. The molecule has 2 nitrogen and oxygen atoms in total. The van der Waals surface area contributed by atoms with Gasteiger partial charge in [0, 0.05) is 11.3 Å². The molecule has 1 atom stereocenters. The Morgan fingerprint density at radius 1 is 1.56 bits per heavy atom. The maximum Gasteiger partial charge on any atom is 0.220 e. The number of hydrogen-bond donors (Lipinski definition) is 1. The summed E-state index contributed by atoms with van der Waals surface area (Å²) in [6, 6.07) is 4.04. The molecule has 0 radical (unpaired) electrons. The number of hydrogen-bond acceptors (Lipinski definition) is 2. The van der Waals surface area contributed by atoms with Gasteiger partial charge < -0.3 is 5.32 Å². The predicted octanol–water partition coefficient (Wildman–Crippen LogP) is 3.48. The number of rotatable bonds is 4. The van der Waals surface area contributed by atoms with Gasteiger partial charge in [-0.05, 0) is 46.8 Å². The third-order valence-corrected chi connectivity index (χ3v) is 4.27. The summed E-state index contributed by atoms with van der Waals surface area (Å²) in [6.07, 6.45) is 7.19. The van der Waals surface area contributed by atoms with Crippen LogP contribution in [0.2, 0.25) is 0 Å². The molecule has 0 spiro atoms. The summed E-state index contributed by atoms with van der Waals surface area (Å²) < 4.78 is 1.11. The molecule has 1 N–H and O–H groups in total. The van der Waals surface area contributed by atoms with Gasteiger partial charge in [-0.25, -0.2) is 0 Å². The van der Waals surface area contributed by atoms with Gasteiger partial charge in [0.2, 0.25) is 5.91 Å². The van der Waals surface area contributed by atoms with Crippen molar-refractivity contribution in [3.63, 3.8) is 0 Å². The Morgan fingerprint density at radius 2 is 2.44 bits per heavy atom. The van der Waals surface area contributed by atoms with Crippen LogP contribution in [0.4, 0.5) is 0 Å². The molecule has 0 bridgehead atoms. The van der Waals surface area contributed by atoms with E-state index < -0.39 is 0 Å². The molecule has 1 aliphatic carbocycles. The van der Waals surface area contributed by atoms with Crippen molar-refractivity contribution in [1.29, 1.82) is 0 Å². The van der Waals surface area contributed by atoms with E-state index in [4.69, 9.17) is 0 Å². The largest absolute Gasteiger partial charge is 0.351 e. The van der Waals surface area contributed by atoms with Crippen LogP contribution in [0.15, 0.2) is 28.1 Å². The van der Waals surface area contributed by atoms with Crippen molar-refractivity contribution in [1.82, 2.24) is 5.32 Å². The van der Waals surface area contributed by atoms with Crippen LogP contribution in [0, 0.1) is 5.92 Å². The highest BCUT2D eigenvalue weighted by Crippen LogP contribution is 2.22. The molecule has 4 heteroatoms. The Labute approximate surface area is 108 Å². The van der Waals surface area contributed by atoms with Crippen LogP contribution in [-0.4, -0.2) is 5.91 Å². The van der Waals surface area contributed by atoms with E-state index in [0.717, 1.165) is 16.6 Å². The van der Waals surface area contributed by atoms with Gasteiger partial charge in [-0.2, -0.15) is 0 Å². The summed E-state index contributed by atoms with van der Waals surface area (Å²) in [6.45, 7) is 0.644. The van der Waals surface area contributed by atoms with Crippen LogP contribution >= 0.6 is 27.3 Å². The molecule has 0 unspecified atom stereocenters. The third kappa shape index (κ3) is 3.46. The van der Waals surface area contributed by atoms with E-state index in [1.54, 1.807) is 11.3 Å². The summed E-state index contributed by atoms with van der Waals surface area (Å²) in [5, 5.41) is 2.96. The zero-order chi connectivity index (χ0) is 11.4. The van der Waals surface area contributed by atoms with Crippen molar-refractivity contribution in [2.24, 2.45) is 5.92 Å². The molecule has 0 fully saturated rings. The average molecular weight is 300 g/mol. The first kappa shape index (κ1) is 11.9. The zero-order valence-corrected chi connectivity index (χ0v) is 11.3. The van der Waals surface area contributed by atoms with Crippen LogP contribution < -0.4 is 5.32 Å². The lowest BCUT2D eigenvalue weighted by atomic mass is 10.1. The Hall–Kier alpha value is -0.610. The number of carbonyl (C=O) groups is 1. The van der Waals surface area contributed by atoms with Crippen molar-refractivity contribution in [3.8, 4) is 0 Å². The average Bonchev–Trinajstić information content (AvgIpc) is 2.87. The second kappa shape index (κ2) is 5.64. The summed E-state index contributed by atoms with van der Waals surface area (Å²) in [7, 11) is 0. The number of nitrogens with one attached hydrogen (secondary N) is 1. The summed E-state index contributed by atoms with van der Waals surface area (Å²) in [5.41, 5.74) is 0. The lowest BCUT2D eigenvalue weighted by Crippen LogP contribution is -2.23. The number of thiophene rings is 1. The first-order valence-corrected chi connectivity index (χ1v) is 7.02. The molecule has 0 saturated carbocycles. The number of halogens is 1. The zero-order valence-electron chi connectivity index (χ0n) is 8.91. The second-order valence-corrected chi connectivity index (χ2v) is 6.50. The molecule has 0 aromatic carbocycles. The standard InChI is InChI=1S/C12H14BrNOS/c13-11-6-5-10(16-11)8-14-12(15)7-9-3-1-2-4-9/h1,3,5-6,9H,2,4,7-8H2,(H,14,15)/t9-/m0/s1. The van der Waals surface area contributed by atoms with Crippen LogP contribution in [0.1, 0.15) is 24.1 Å². The molecular weight excluding hydrogens is 286 g/mol. The fourth-order valence-corrected chi connectivity index (χ4v) is 3.23. The summed E-state index contributed by atoms with van der Waals surface area (Å²) in [4.78, 5) is 12.8. The second-order valence-electron chi connectivity index (χ2n) is 3.95. The fraction of sp³-hybridized carbons (Fsp3) is 0.417. The van der Waals surface area contributed by atoms with Gasteiger partial charge >= 0.3 is 0 Å². The minimum absolute atomic E-state index is 0.154. The normalized spacial score (nSPS) is 18.9. The van der Waals surface area contributed by atoms with Crippen LogP contribution in [0.5, 0.6) is 0 Å². The van der Waals surface area contributed by atoms with Gasteiger partial charge in [0.15, 0.2) is 0 Å². The smallest absolute Gasteiger partial charge is 0.220 e. The van der Waals surface area contributed by atoms with Crippen LogP contribution in [0.3, 0.4) is 0 Å². The van der Waals surface area contributed by atoms with E-state index in [9.17, 15) is 4.79 Å². The van der Waals surface area contributed by atoms with Crippen molar-refractivity contribution < 1.29 is 4.79 Å². The quantitative estimate of drug-likeness (QED) is 0.847. The van der Waals surface area contributed by atoms with Crippen LogP contribution in [-0.2, 0) is 11.3 Å². The Kier molecular flexibility index (Phi) is 4.18. The van der Waals surface area contributed by atoms with E-state index >= 15 is 0 Å². The van der Waals surface area contributed by atoms with Crippen molar-refractivity contribution >= 4 is 33.2 Å². The topological polar surface area (TPSA) is 29.1 Å². The van der Waals surface area contributed by atoms with Crippen molar-refractivity contribution in [2.45, 2.75) is 25.8 Å². The molecule has 1 aliphatic rings.